The van der Waals surface area contributed by atoms with E-state index in [9.17, 15) is 13.2 Å². The van der Waals surface area contributed by atoms with Crippen molar-refractivity contribution in [2.75, 3.05) is 10.9 Å². The van der Waals surface area contributed by atoms with E-state index in [-0.39, 0.29) is 10.6 Å². The molecule has 0 saturated carbocycles. The SMILES string of the molecule is Cc1ccc(S(=O)(=O)N(C(=O)COc2ccc(Cl)cc2)c2ccccc2)cc1. The molecule has 3 aromatic rings. The van der Waals surface area contributed by atoms with Crippen molar-refractivity contribution in [3.8, 4) is 5.75 Å². The Morgan fingerprint density at radius 2 is 1.54 bits per heavy atom. The number of halogens is 1. The van der Waals surface area contributed by atoms with Gasteiger partial charge in [0.05, 0.1) is 10.6 Å². The highest BCUT2D eigenvalue weighted by molar-refractivity contribution is 7.93. The van der Waals surface area contributed by atoms with E-state index < -0.39 is 22.5 Å². The number of rotatable bonds is 6. The number of carbonyl (C=O) groups excluding carboxylic acids is 1. The van der Waals surface area contributed by atoms with E-state index in [1.54, 1.807) is 66.7 Å². The molecule has 0 bridgehead atoms. The van der Waals surface area contributed by atoms with Crippen LogP contribution >= 0.6 is 11.6 Å². The fourth-order valence-electron chi connectivity index (χ4n) is 2.53. The van der Waals surface area contributed by atoms with Crippen LogP contribution in [0.2, 0.25) is 5.02 Å². The third kappa shape index (κ3) is 4.52. The second-order valence-electron chi connectivity index (χ2n) is 6.05. The van der Waals surface area contributed by atoms with Crippen molar-refractivity contribution >= 4 is 33.2 Å². The van der Waals surface area contributed by atoms with Gasteiger partial charge in [-0.05, 0) is 55.5 Å². The quantitative estimate of drug-likeness (QED) is 0.596. The van der Waals surface area contributed by atoms with Crippen molar-refractivity contribution in [1.82, 2.24) is 0 Å². The molecule has 0 N–H and O–H groups in total. The number of para-hydroxylation sites is 1. The Hall–Kier alpha value is -2.83. The molecular formula is C21H18ClNO4S. The van der Waals surface area contributed by atoms with Crippen molar-refractivity contribution in [3.05, 3.63) is 89.4 Å². The van der Waals surface area contributed by atoms with Crippen LogP contribution in [-0.2, 0) is 14.8 Å². The number of anilines is 1. The fraction of sp³-hybridized carbons (Fsp3) is 0.0952. The molecular weight excluding hydrogens is 398 g/mol. The summed E-state index contributed by atoms with van der Waals surface area (Å²) >= 11 is 5.83. The summed E-state index contributed by atoms with van der Waals surface area (Å²) in [4.78, 5) is 12.9. The molecule has 0 radical (unpaired) electrons. The molecule has 0 heterocycles. The number of nitrogens with zero attached hydrogens (tertiary/aromatic N) is 1. The number of sulfonamides is 1. The molecule has 0 saturated heterocycles. The molecule has 0 spiro atoms. The van der Waals surface area contributed by atoms with Gasteiger partial charge in [-0.3, -0.25) is 4.79 Å². The molecule has 0 aliphatic heterocycles. The van der Waals surface area contributed by atoms with Crippen LogP contribution < -0.4 is 9.04 Å². The predicted molar refractivity (Wildman–Crippen MR) is 109 cm³/mol. The summed E-state index contributed by atoms with van der Waals surface area (Å²) in [5.41, 5.74) is 1.16. The zero-order valence-corrected chi connectivity index (χ0v) is 16.7. The highest BCUT2D eigenvalue weighted by Crippen LogP contribution is 2.24. The number of carbonyl (C=O) groups is 1. The number of hydrogen-bond acceptors (Lipinski definition) is 4. The minimum Gasteiger partial charge on any atom is -0.484 e. The lowest BCUT2D eigenvalue weighted by molar-refractivity contribution is -0.119. The van der Waals surface area contributed by atoms with Crippen LogP contribution in [0.5, 0.6) is 5.75 Å². The van der Waals surface area contributed by atoms with E-state index >= 15 is 0 Å². The highest BCUT2D eigenvalue weighted by Gasteiger charge is 2.31. The van der Waals surface area contributed by atoms with Gasteiger partial charge in [0.1, 0.15) is 5.75 Å². The monoisotopic (exact) mass is 415 g/mol. The van der Waals surface area contributed by atoms with Crippen LogP contribution in [0.25, 0.3) is 0 Å². The molecule has 0 aliphatic carbocycles. The standard InChI is InChI=1S/C21H18ClNO4S/c1-16-7-13-20(14-8-16)28(25,26)23(18-5-3-2-4-6-18)21(24)15-27-19-11-9-17(22)10-12-19/h2-14H,15H2,1H3. The van der Waals surface area contributed by atoms with Crippen molar-refractivity contribution in [2.45, 2.75) is 11.8 Å². The summed E-state index contributed by atoms with van der Waals surface area (Å²) in [6, 6.07) is 21.0. The van der Waals surface area contributed by atoms with Gasteiger partial charge in [-0.25, -0.2) is 8.42 Å². The van der Waals surface area contributed by atoms with Gasteiger partial charge in [-0.1, -0.05) is 47.5 Å². The van der Waals surface area contributed by atoms with Crippen LogP contribution in [-0.4, -0.2) is 20.9 Å². The largest absolute Gasteiger partial charge is 0.484 e. The minimum absolute atomic E-state index is 0.0294. The number of hydrogen-bond donors (Lipinski definition) is 0. The second kappa shape index (κ2) is 8.46. The zero-order chi connectivity index (χ0) is 20.1. The summed E-state index contributed by atoms with van der Waals surface area (Å²) < 4.78 is 32.6. The van der Waals surface area contributed by atoms with E-state index in [2.05, 4.69) is 0 Å². The Labute approximate surface area is 169 Å². The van der Waals surface area contributed by atoms with Crippen molar-refractivity contribution < 1.29 is 17.9 Å². The first-order valence-corrected chi connectivity index (χ1v) is 10.3. The molecule has 0 aliphatic rings. The summed E-state index contributed by atoms with van der Waals surface area (Å²) in [6.07, 6.45) is 0. The lowest BCUT2D eigenvalue weighted by atomic mass is 10.2. The number of benzene rings is 3. The van der Waals surface area contributed by atoms with Gasteiger partial charge in [0.15, 0.2) is 6.61 Å². The van der Waals surface area contributed by atoms with Crippen LogP contribution in [0.15, 0.2) is 83.8 Å². The molecule has 144 valence electrons. The van der Waals surface area contributed by atoms with Crippen molar-refractivity contribution in [2.24, 2.45) is 0 Å². The molecule has 3 rings (SSSR count). The lowest BCUT2D eigenvalue weighted by Crippen LogP contribution is -2.40. The maximum atomic E-state index is 13.2. The number of aryl methyl sites for hydroxylation is 1. The van der Waals surface area contributed by atoms with Crippen LogP contribution in [0.1, 0.15) is 5.56 Å². The van der Waals surface area contributed by atoms with Gasteiger partial charge in [-0.2, -0.15) is 4.31 Å². The Morgan fingerprint density at radius 3 is 2.14 bits per heavy atom. The number of ether oxygens (including phenoxy) is 1. The average Bonchev–Trinajstić information content (AvgIpc) is 2.69. The van der Waals surface area contributed by atoms with E-state index in [4.69, 9.17) is 16.3 Å². The first kappa shape index (κ1) is 19.9. The maximum absolute atomic E-state index is 13.2. The van der Waals surface area contributed by atoms with Gasteiger partial charge in [0.2, 0.25) is 0 Å². The smallest absolute Gasteiger partial charge is 0.278 e. The molecule has 0 unspecified atom stereocenters. The number of amides is 1. The first-order valence-electron chi connectivity index (χ1n) is 8.46. The van der Waals surface area contributed by atoms with E-state index in [1.165, 1.54) is 12.1 Å². The predicted octanol–water partition coefficient (Wildman–Crippen LogP) is 4.45. The topological polar surface area (TPSA) is 63.7 Å². The second-order valence-corrected chi connectivity index (χ2v) is 8.28. The average molecular weight is 416 g/mol. The summed E-state index contributed by atoms with van der Waals surface area (Å²) in [7, 11) is -4.10. The molecule has 3 aromatic carbocycles. The van der Waals surface area contributed by atoms with Gasteiger partial charge in [-0.15, -0.1) is 0 Å². The molecule has 0 fully saturated rings. The van der Waals surface area contributed by atoms with Gasteiger partial charge >= 0.3 is 0 Å². The van der Waals surface area contributed by atoms with Crippen LogP contribution in [0.4, 0.5) is 5.69 Å². The summed E-state index contributed by atoms with van der Waals surface area (Å²) in [6.45, 7) is 1.41. The van der Waals surface area contributed by atoms with Crippen LogP contribution in [0.3, 0.4) is 0 Å². The summed E-state index contributed by atoms with van der Waals surface area (Å²) in [5.74, 6) is -0.291. The summed E-state index contributed by atoms with van der Waals surface area (Å²) in [5, 5.41) is 0.534. The van der Waals surface area contributed by atoms with Gasteiger partial charge in [0, 0.05) is 5.02 Å². The highest BCUT2D eigenvalue weighted by atomic mass is 35.5. The Morgan fingerprint density at radius 1 is 0.929 bits per heavy atom. The Balaban J connectivity index is 1.91. The van der Waals surface area contributed by atoms with E-state index in [1.807, 2.05) is 6.92 Å². The fourth-order valence-corrected chi connectivity index (χ4v) is 4.07. The molecule has 5 nitrogen and oxygen atoms in total. The Bertz CT molecular complexity index is 1050. The van der Waals surface area contributed by atoms with Crippen LogP contribution in [0, 0.1) is 6.92 Å². The third-order valence-corrected chi connectivity index (χ3v) is 5.97. The Kier molecular flexibility index (Phi) is 6.02. The van der Waals surface area contributed by atoms with Crippen molar-refractivity contribution in [1.29, 1.82) is 0 Å². The maximum Gasteiger partial charge on any atom is 0.278 e. The molecule has 7 heteroatoms. The lowest BCUT2D eigenvalue weighted by Gasteiger charge is -2.23. The van der Waals surface area contributed by atoms with Gasteiger partial charge in [0.25, 0.3) is 15.9 Å². The molecule has 28 heavy (non-hydrogen) atoms. The van der Waals surface area contributed by atoms with E-state index in [0.717, 1.165) is 9.87 Å². The first-order chi connectivity index (χ1) is 13.4. The zero-order valence-electron chi connectivity index (χ0n) is 15.1. The molecule has 0 aromatic heterocycles. The molecule has 1 amide bonds. The van der Waals surface area contributed by atoms with Gasteiger partial charge < -0.3 is 4.74 Å². The normalized spacial score (nSPS) is 11.1. The van der Waals surface area contributed by atoms with E-state index in [0.29, 0.717) is 10.8 Å². The minimum atomic E-state index is -4.10. The molecule has 0 atom stereocenters. The third-order valence-electron chi connectivity index (χ3n) is 3.95. The van der Waals surface area contributed by atoms with Crippen molar-refractivity contribution in [3.63, 3.8) is 0 Å².